The lowest BCUT2D eigenvalue weighted by atomic mass is 10.2. The van der Waals surface area contributed by atoms with Crippen LogP contribution in [0.4, 0.5) is 11.5 Å². The Morgan fingerprint density at radius 3 is 2.71 bits per heavy atom. The molecule has 0 saturated carbocycles. The lowest BCUT2D eigenvalue weighted by molar-refractivity contribution is -0.125. The number of aromatic nitrogens is 5. The van der Waals surface area contributed by atoms with Gasteiger partial charge in [-0.25, -0.2) is 14.6 Å². The van der Waals surface area contributed by atoms with Crippen molar-refractivity contribution in [2.75, 3.05) is 18.4 Å². The van der Waals surface area contributed by atoms with Crippen LogP contribution in [0.5, 0.6) is 11.5 Å². The topological polar surface area (TPSA) is 101 Å². The Morgan fingerprint density at radius 1 is 1.11 bits per heavy atom. The van der Waals surface area contributed by atoms with Crippen LogP contribution in [0.3, 0.4) is 0 Å². The fraction of sp³-hybridized carbons (Fsp3) is 0.154. The van der Waals surface area contributed by atoms with Gasteiger partial charge in [-0.3, -0.25) is 4.79 Å². The molecule has 35 heavy (non-hydrogen) atoms. The maximum absolute atomic E-state index is 12.1. The maximum Gasteiger partial charge on any atom is 0.246 e. The molecule has 5 aromatic rings. The van der Waals surface area contributed by atoms with Crippen molar-refractivity contribution in [2.24, 2.45) is 0 Å². The molecule has 2 aromatic carbocycles. The van der Waals surface area contributed by atoms with Gasteiger partial charge in [0.25, 0.3) is 0 Å². The first-order valence-corrected chi connectivity index (χ1v) is 11.4. The fourth-order valence-corrected chi connectivity index (χ4v) is 4.49. The van der Waals surface area contributed by atoms with E-state index in [1.165, 1.54) is 6.08 Å². The first-order valence-electron chi connectivity index (χ1n) is 11.4. The molecule has 9 heteroatoms. The smallest absolute Gasteiger partial charge is 0.246 e. The Kier molecular flexibility index (Phi) is 5.14. The number of amides is 1. The van der Waals surface area contributed by atoms with Crippen molar-refractivity contribution in [1.82, 2.24) is 29.6 Å². The summed E-state index contributed by atoms with van der Waals surface area (Å²) >= 11 is 0. The molecule has 0 spiro atoms. The SMILES string of the molecule is C=CC(=O)N1CCC(n2nc(Nc3ccc(Oc4ccccc4)cc3)c3cnc4[nH]cnc2c43)C1. The minimum absolute atomic E-state index is 0.00139. The third-order valence-electron chi connectivity index (χ3n) is 6.21. The highest BCUT2D eigenvalue weighted by atomic mass is 16.5. The molecule has 3 aromatic heterocycles. The molecular weight excluding hydrogens is 442 g/mol. The zero-order valence-corrected chi connectivity index (χ0v) is 18.9. The molecule has 9 nitrogen and oxygen atoms in total. The number of aromatic amines is 1. The van der Waals surface area contributed by atoms with E-state index in [4.69, 9.17) is 9.84 Å². The number of benzene rings is 2. The van der Waals surface area contributed by atoms with E-state index in [0.717, 1.165) is 45.7 Å². The Hall–Kier alpha value is -4.66. The third-order valence-corrected chi connectivity index (χ3v) is 6.21. The number of ether oxygens (including phenoxy) is 1. The van der Waals surface area contributed by atoms with Gasteiger partial charge < -0.3 is 19.9 Å². The van der Waals surface area contributed by atoms with Crippen molar-refractivity contribution in [1.29, 1.82) is 0 Å². The number of H-pyrrole nitrogens is 1. The maximum atomic E-state index is 12.1. The normalized spacial score (nSPS) is 15.5. The number of nitrogens with one attached hydrogen (secondary N) is 2. The van der Waals surface area contributed by atoms with Gasteiger partial charge in [0.2, 0.25) is 5.91 Å². The summed E-state index contributed by atoms with van der Waals surface area (Å²) in [5.74, 6) is 2.13. The Bertz CT molecular complexity index is 1520. The van der Waals surface area contributed by atoms with Gasteiger partial charge in [0.05, 0.1) is 23.1 Å². The molecule has 0 aliphatic carbocycles. The number of hydrogen-bond acceptors (Lipinski definition) is 6. The van der Waals surface area contributed by atoms with Gasteiger partial charge in [0, 0.05) is 25.0 Å². The van der Waals surface area contributed by atoms with Crippen molar-refractivity contribution in [3.63, 3.8) is 0 Å². The predicted octanol–water partition coefficient (Wildman–Crippen LogP) is 4.80. The number of carbonyl (C=O) groups is 1. The van der Waals surface area contributed by atoms with Gasteiger partial charge in [-0.2, -0.15) is 5.10 Å². The summed E-state index contributed by atoms with van der Waals surface area (Å²) < 4.78 is 7.81. The van der Waals surface area contributed by atoms with Crippen molar-refractivity contribution < 1.29 is 9.53 Å². The molecule has 1 fully saturated rings. The molecule has 0 radical (unpaired) electrons. The number of para-hydroxylation sites is 1. The van der Waals surface area contributed by atoms with Crippen LogP contribution in [0, 0.1) is 0 Å². The van der Waals surface area contributed by atoms with E-state index in [-0.39, 0.29) is 11.9 Å². The number of nitrogens with zero attached hydrogens (tertiary/aromatic N) is 5. The summed E-state index contributed by atoms with van der Waals surface area (Å²) in [5.41, 5.74) is 2.35. The minimum atomic E-state index is -0.0696. The summed E-state index contributed by atoms with van der Waals surface area (Å²) in [6.45, 7) is 4.82. The molecule has 1 saturated heterocycles. The summed E-state index contributed by atoms with van der Waals surface area (Å²) in [6.07, 6.45) is 5.56. The van der Waals surface area contributed by atoms with E-state index in [9.17, 15) is 4.79 Å². The molecule has 1 amide bonds. The Labute approximate surface area is 201 Å². The zero-order chi connectivity index (χ0) is 23.8. The van der Waals surface area contributed by atoms with Gasteiger partial charge in [0.1, 0.15) is 17.1 Å². The van der Waals surface area contributed by atoms with Crippen molar-refractivity contribution in [2.45, 2.75) is 12.5 Å². The minimum Gasteiger partial charge on any atom is -0.457 e. The summed E-state index contributed by atoms with van der Waals surface area (Å²) in [5, 5.41) is 10.1. The number of anilines is 2. The lowest BCUT2D eigenvalue weighted by Crippen LogP contribution is -2.27. The summed E-state index contributed by atoms with van der Waals surface area (Å²) in [6, 6.07) is 17.4. The van der Waals surface area contributed by atoms with Crippen LogP contribution in [0.25, 0.3) is 22.1 Å². The van der Waals surface area contributed by atoms with Crippen LogP contribution in [0.15, 0.2) is 79.8 Å². The molecule has 174 valence electrons. The molecule has 4 heterocycles. The number of likely N-dealkylation sites (tertiary alicyclic amines) is 1. The third kappa shape index (κ3) is 3.86. The molecule has 2 N–H and O–H groups in total. The zero-order valence-electron chi connectivity index (χ0n) is 18.9. The predicted molar refractivity (Wildman–Crippen MR) is 134 cm³/mol. The number of rotatable bonds is 6. The molecule has 1 atom stereocenters. The highest BCUT2D eigenvalue weighted by Crippen LogP contribution is 2.34. The monoisotopic (exact) mass is 465 g/mol. The van der Waals surface area contributed by atoms with Crippen LogP contribution in [-0.2, 0) is 4.79 Å². The second kappa shape index (κ2) is 8.60. The van der Waals surface area contributed by atoms with Crippen LogP contribution in [-0.4, -0.2) is 48.6 Å². The highest BCUT2D eigenvalue weighted by molar-refractivity contribution is 6.09. The summed E-state index contributed by atoms with van der Waals surface area (Å²) in [4.78, 5) is 26.1. The largest absolute Gasteiger partial charge is 0.457 e. The first kappa shape index (κ1) is 20.9. The Morgan fingerprint density at radius 2 is 1.91 bits per heavy atom. The average Bonchev–Trinajstić information content (AvgIpc) is 3.56. The molecule has 1 aliphatic heterocycles. The quantitative estimate of drug-likeness (QED) is 0.349. The standard InChI is InChI=1S/C26H23N7O2/c1-2-22(34)32-13-12-18(15-32)33-26-23-21(14-27-25(23)28-16-29-26)24(31-33)30-17-8-10-20(11-9-17)35-19-6-4-3-5-7-19/h2-11,14,16,18H,1,12-13,15H2,(H,30,31)(H,27,28,29). The van der Waals surface area contributed by atoms with E-state index in [1.807, 2.05) is 59.3 Å². The van der Waals surface area contributed by atoms with E-state index >= 15 is 0 Å². The number of hydrogen-bond donors (Lipinski definition) is 2. The van der Waals surface area contributed by atoms with Gasteiger partial charge >= 0.3 is 0 Å². The van der Waals surface area contributed by atoms with Crippen LogP contribution in [0.1, 0.15) is 12.5 Å². The second-order valence-corrected chi connectivity index (χ2v) is 8.41. The molecule has 1 aliphatic rings. The molecule has 0 bridgehead atoms. The first-order chi connectivity index (χ1) is 17.2. The van der Waals surface area contributed by atoms with Gasteiger partial charge in [-0.15, -0.1) is 0 Å². The highest BCUT2D eigenvalue weighted by Gasteiger charge is 2.29. The lowest BCUT2D eigenvalue weighted by Gasteiger charge is -2.19. The van der Waals surface area contributed by atoms with Gasteiger partial charge in [0.15, 0.2) is 11.5 Å². The average molecular weight is 466 g/mol. The fourth-order valence-electron chi connectivity index (χ4n) is 4.49. The Balaban J connectivity index is 1.33. The molecule has 1 unspecified atom stereocenters. The summed E-state index contributed by atoms with van der Waals surface area (Å²) in [7, 11) is 0. The van der Waals surface area contributed by atoms with Gasteiger partial charge in [-0.1, -0.05) is 24.8 Å². The number of carbonyl (C=O) groups excluding carboxylic acids is 1. The van der Waals surface area contributed by atoms with Gasteiger partial charge in [-0.05, 0) is 48.9 Å². The van der Waals surface area contributed by atoms with Crippen molar-refractivity contribution in [3.05, 3.63) is 79.8 Å². The van der Waals surface area contributed by atoms with Crippen LogP contribution >= 0.6 is 0 Å². The van der Waals surface area contributed by atoms with Crippen molar-refractivity contribution in [3.8, 4) is 11.5 Å². The van der Waals surface area contributed by atoms with E-state index in [0.29, 0.717) is 18.9 Å². The second-order valence-electron chi connectivity index (χ2n) is 8.41. The van der Waals surface area contributed by atoms with Crippen molar-refractivity contribution >= 4 is 39.5 Å². The van der Waals surface area contributed by atoms with Crippen LogP contribution in [0.2, 0.25) is 0 Å². The van der Waals surface area contributed by atoms with E-state index in [2.05, 4.69) is 26.8 Å². The van der Waals surface area contributed by atoms with E-state index in [1.54, 1.807) is 17.4 Å². The molecular formula is C26H23N7O2. The molecule has 6 rings (SSSR count). The van der Waals surface area contributed by atoms with E-state index < -0.39 is 0 Å². The van der Waals surface area contributed by atoms with Crippen LogP contribution < -0.4 is 10.1 Å².